The van der Waals surface area contributed by atoms with Crippen molar-refractivity contribution in [3.63, 3.8) is 0 Å². The van der Waals surface area contributed by atoms with Crippen LogP contribution in [0.1, 0.15) is 29.8 Å². The number of anilines is 1. The number of aromatic nitrogens is 1. The highest BCUT2D eigenvalue weighted by Crippen LogP contribution is 2.33. The summed E-state index contributed by atoms with van der Waals surface area (Å²) in [5.74, 6) is -0.0430. The maximum atomic E-state index is 12.7. The third-order valence-electron chi connectivity index (χ3n) is 6.06. The lowest BCUT2D eigenvalue weighted by atomic mass is 9.95. The predicted molar refractivity (Wildman–Crippen MR) is 105 cm³/mol. The summed E-state index contributed by atoms with van der Waals surface area (Å²) in [6.45, 7) is 4.30. The van der Waals surface area contributed by atoms with Crippen LogP contribution in [0.25, 0.3) is 10.1 Å². The molecule has 5 rings (SSSR count). The molecule has 3 atom stereocenters. The summed E-state index contributed by atoms with van der Waals surface area (Å²) >= 11 is 1.77. The predicted octanol–water partition coefficient (Wildman–Crippen LogP) is 1.67. The van der Waals surface area contributed by atoms with Crippen molar-refractivity contribution in [2.24, 2.45) is 0 Å². The van der Waals surface area contributed by atoms with Crippen LogP contribution in [0.4, 0.5) is 5.00 Å². The Morgan fingerprint density at radius 3 is 2.85 bits per heavy atom. The molecule has 0 saturated carbocycles. The van der Waals surface area contributed by atoms with Crippen LogP contribution in [0.3, 0.4) is 0 Å². The van der Waals surface area contributed by atoms with Crippen LogP contribution >= 0.6 is 11.3 Å². The molecule has 0 radical (unpaired) electrons. The molecule has 3 fully saturated rings. The molecule has 26 heavy (non-hydrogen) atoms. The number of amides is 1. The van der Waals surface area contributed by atoms with E-state index >= 15 is 0 Å². The molecule has 2 bridgehead atoms. The topological polar surface area (TPSA) is 60.5 Å². The van der Waals surface area contributed by atoms with Crippen LogP contribution in [0.2, 0.25) is 0 Å². The van der Waals surface area contributed by atoms with Gasteiger partial charge in [0, 0.05) is 50.5 Å². The molecule has 3 aliphatic rings. The quantitative estimate of drug-likeness (QED) is 0.860. The monoisotopic (exact) mass is 371 g/mol. The van der Waals surface area contributed by atoms with E-state index in [0.29, 0.717) is 17.8 Å². The number of rotatable bonds is 3. The summed E-state index contributed by atoms with van der Waals surface area (Å²) in [6.07, 6.45) is 5.31. The molecule has 0 spiro atoms. The first-order valence-corrected chi connectivity index (χ1v) is 10.4. The number of nitrogens with zero attached hydrogens (tertiary/aromatic N) is 3. The van der Waals surface area contributed by atoms with Gasteiger partial charge in [-0.2, -0.15) is 0 Å². The summed E-state index contributed by atoms with van der Waals surface area (Å²) in [4.78, 5) is 21.9. The van der Waals surface area contributed by atoms with Crippen molar-refractivity contribution in [2.45, 2.75) is 37.4 Å². The minimum atomic E-state index is -0.0430. The van der Waals surface area contributed by atoms with Gasteiger partial charge in [-0.05, 0) is 43.8 Å². The number of likely N-dealkylation sites (N-methyl/N-ethyl adjacent to an activating group) is 1. The van der Waals surface area contributed by atoms with E-state index in [9.17, 15) is 4.79 Å². The van der Waals surface area contributed by atoms with Crippen molar-refractivity contribution >= 4 is 32.3 Å². The third-order valence-corrected chi connectivity index (χ3v) is 7.20. The Morgan fingerprint density at radius 1 is 1.27 bits per heavy atom. The molecule has 2 aromatic rings. The number of thiophene rings is 1. The first-order chi connectivity index (χ1) is 12.7. The van der Waals surface area contributed by atoms with Crippen LogP contribution in [0.5, 0.6) is 0 Å². The lowest BCUT2D eigenvalue weighted by molar-refractivity contribution is 0.0926. The lowest BCUT2D eigenvalue weighted by Gasteiger charge is -2.32. The highest BCUT2D eigenvalue weighted by molar-refractivity contribution is 7.22. The van der Waals surface area contributed by atoms with Gasteiger partial charge >= 0.3 is 0 Å². The van der Waals surface area contributed by atoms with Crippen LogP contribution in [-0.4, -0.2) is 67.1 Å². The molecular formula is C19H25N5OS. The van der Waals surface area contributed by atoms with E-state index < -0.39 is 0 Å². The SMILES string of the molecule is CN1CCN(c2cc3cc(C(=O)N[C@@H]4C[C@H]5CC[C@@H]4N5)ncc3s2)CC1. The molecule has 3 saturated heterocycles. The number of hydrogen-bond donors (Lipinski definition) is 2. The molecule has 0 aliphatic carbocycles. The van der Waals surface area contributed by atoms with Gasteiger partial charge in [0.2, 0.25) is 0 Å². The van der Waals surface area contributed by atoms with Crippen molar-refractivity contribution in [3.05, 3.63) is 24.0 Å². The number of piperazine rings is 1. The van der Waals surface area contributed by atoms with E-state index in [1.807, 2.05) is 12.3 Å². The minimum absolute atomic E-state index is 0.0430. The minimum Gasteiger partial charge on any atom is -0.361 e. The highest BCUT2D eigenvalue weighted by Gasteiger charge is 2.39. The Kier molecular flexibility index (Phi) is 4.10. The first kappa shape index (κ1) is 16.5. The van der Waals surface area contributed by atoms with Gasteiger partial charge in [-0.1, -0.05) is 0 Å². The maximum Gasteiger partial charge on any atom is 0.270 e. The Hall–Kier alpha value is -1.70. The normalized spacial score (nSPS) is 28.8. The van der Waals surface area contributed by atoms with Gasteiger partial charge in [-0.3, -0.25) is 4.79 Å². The summed E-state index contributed by atoms with van der Waals surface area (Å²) in [7, 11) is 2.17. The summed E-state index contributed by atoms with van der Waals surface area (Å²) < 4.78 is 1.15. The summed E-state index contributed by atoms with van der Waals surface area (Å²) in [6, 6.07) is 5.44. The zero-order valence-corrected chi connectivity index (χ0v) is 15.9. The highest BCUT2D eigenvalue weighted by atomic mass is 32.1. The smallest absolute Gasteiger partial charge is 0.270 e. The number of nitrogens with one attached hydrogen (secondary N) is 2. The number of pyridine rings is 1. The second kappa shape index (κ2) is 6.48. The maximum absolute atomic E-state index is 12.7. The van der Waals surface area contributed by atoms with Crippen LogP contribution in [0, 0.1) is 0 Å². The molecule has 6 nitrogen and oxygen atoms in total. The zero-order valence-electron chi connectivity index (χ0n) is 15.1. The molecule has 7 heteroatoms. The van der Waals surface area contributed by atoms with Gasteiger partial charge in [0.25, 0.3) is 5.91 Å². The molecule has 3 aliphatic heterocycles. The van der Waals surface area contributed by atoms with Crippen molar-refractivity contribution in [1.82, 2.24) is 20.5 Å². The number of carbonyl (C=O) groups excluding carboxylic acids is 1. The molecule has 5 heterocycles. The average molecular weight is 372 g/mol. The number of fused-ring (bicyclic) bond motifs is 3. The molecular weight excluding hydrogens is 346 g/mol. The van der Waals surface area contributed by atoms with E-state index in [4.69, 9.17) is 0 Å². The van der Waals surface area contributed by atoms with Crippen LogP contribution < -0.4 is 15.5 Å². The van der Waals surface area contributed by atoms with Gasteiger partial charge in [-0.15, -0.1) is 11.3 Å². The fraction of sp³-hybridized carbons (Fsp3) is 0.579. The van der Waals surface area contributed by atoms with Crippen molar-refractivity contribution < 1.29 is 4.79 Å². The molecule has 138 valence electrons. The third kappa shape index (κ3) is 2.98. The van der Waals surface area contributed by atoms with E-state index in [2.05, 4.69) is 38.5 Å². The largest absolute Gasteiger partial charge is 0.361 e. The summed E-state index contributed by atoms with van der Waals surface area (Å²) in [5.41, 5.74) is 0.531. The Balaban J connectivity index is 1.32. The standard InChI is InChI=1S/C19H25N5OS/c1-23-4-6-24(7-5-23)18-9-12-8-16(20-11-17(12)26-18)19(25)22-15-10-13-2-3-14(15)21-13/h8-9,11,13-15,21H,2-7,10H2,1H3,(H,22,25)/t13-,14+,15-/m1/s1. The van der Waals surface area contributed by atoms with E-state index in [-0.39, 0.29) is 11.9 Å². The average Bonchev–Trinajstić information content (AvgIpc) is 3.36. The van der Waals surface area contributed by atoms with Gasteiger partial charge in [0.1, 0.15) is 5.69 Å². The molecule has 1 amide bonds. The van der Waals surface area contributed by atoms with Crippen molar-refractivity contribution in [1.29, 1.82) is 0 Å². The Bertz CT molecular complexity index is 828. The van der Waals surface area contributed by atoms with Crippen LogP contribution in [0.15, 0.2) is 18.3 Å². The Labute approximate surface area is 157 Å². The molecule has 0 aromatic carbocycles. The van der Waals surface area contributed by atoms with Gasteiger partial charge in [0.05, 0.1) is 9.70 Å². The molecule has 0 unspecified atom stereocenters. The first-order valence-electron chi connectivity index (χ1n) is 9.56. The number of carbonyl (C=O) groups is 1. The Morgan fingerprint density at radius 2 is 2.12 bits per heavy atom. The molecule has 2 N–H and O–H groups in total. The molecule has 2 aromatic heterocycles. The number of hydrogen-bond acceptors (Lipinski definition) is 6. The summed E-state index contributed by atoms with van der Waals surface area (Å²) in [5, 5.41) is 9.16. The van der Waals surface area contributed by atoms with Gasteiger partial charge in [0.15, 0.2) is 0 Å². The van der Waals surface area contributed by atoms with Crippen molar-refractivity contribution in [3.8, 4) is 0 Å². The van der Waals surface area contributed by atoms with Crippen LogP contribution in [-0.2, 0) is 0 Å². The van der Waals surface area contributed by atoms with Crippen molar-refractivity contribution in [2.75, 3.05) is 38.1 Å². The van der Waals surface area contributed by atoms with E-state index in [0.717, 1.165) is 42.7 Å². The second-order valence-electron chi connectivity index (χ2n) is 7.85. The zero-order chi connectivity index (χ0) is 17.7. The van der Waals surface area contributed by atoms with Gasteiger partial charge in [-0.25, -0.2) is 4.98 Å². The van der Waals surface area contributed by atoms with Gasteiger partial charge < -0.3 is 20.4 Å². The second-order valence-corrected chi connectivity index (χ2v) is 8.91. The van der Waals surface area contributed by atoms with E-state index in [1.54, 1.807) is 11.3 Å². The lowest BCUT2D eigenvalue weighted by Crippen LogP contribution is -2.44. The fourth-order valence-corrected chi connectivity index (χ4v) is 5.53. The fourth-order valence-electron chi connectivity index (χ4n) is 4.46. The van der Waals surface area contributed by atoms with E-state index in [1.165, 1.54) is 17.8 Å².